The summed E-state index contributed by atoms with van der Waals surface area (Å²) in [6, 6.07) is 18.4. The molecule has 0 spiro atoms. The van der Waals surface area contributed by atoms with Crippen molar-refractivity contribution in [3.05, 3.63) is 54.6 Å². The molecule has 2 aromatic carbocycles. The van der Waals surface area contributed by atoms with E-state index in [0.29, 0.717) is 0 Å². The van der Waals surface area contributed by atoms with Gasteiger partial charge in [0.2, 0.25) is 5.91 Å². The molecule has 3 rings (SSSR count). The van der Waals surface area contributed by atoms with Crippen molar-refractivity contribution >= 4 is 11.6 Å². The van der Waals surface area contributed by atoms with Gasteiger partial charge in [0.25, 0.3) is 0 Å². The second-order valence-corrected chi connectivity index (χ2v) is 5.08. The Morgan fingerprint density at radius 3 is 2.35 bits per heavy atom. The average Bonchev–Trinajstić information content (AvgIpc) is 2.51. The molecule has 1 atom stereocenters. The molecule has 1 unspecified atom stereocenters. The topological polar surface area (TPSA) is 32.3 Å². The lowest BCUT2D eigenvalue weighted by Gasteiger charge is -2.31. The van der Waals surface area contributed by atoms with E-state index in [9.17, 15) is 4.79 Å². The molecule has 0 bridgehead atoms. The van der Waals surface area contributed by atoms with Crippen LogP contribution in [0.15, 0.2) is 54.6 Å². The summed E-state index contributed by atoms with van der Waals surface area (Å²) in [5.41, 5.74) is 3.34. The number of benzene rings is 2. The lowest BCUT2D eigenvalue weighted by atomic mass is 10.0. The van der Waals surface area contributed by atoms with Crippen molar-refractivity contribution < 1.29 is 4.79 Å². The van der Waals surface area contributed by atoms with Crippen LogP contribution in [0.2, 0.25) is 0 Å². The van der Waals surface area contributed by atoms with Gasteiger partial charge in [-0.25, -0.2) is 0 Å². The highest BCUT2D eigenvalue weighted by Crippen LogP contribution is 2.23. The van der Waals surface area contributed by atoms with Gasteiger partial charge in [-0.05, 0) is 30.2 Å². The summed E-state index contributed by atoms with van der Waals surface area (Å²) in [4.78, 5) is 14.0. The van der Waals surface area contributed by atoms with Crippen LogP contribution in [0.5, 0.6) is 0 Å². The average molecular weight is 266 g/mol. The summed E-state index contributed by atoms with van der Waals surface area (Å²) in [5.74, 6) is 0.142. The zero-order valence-corrected chi connectivity index (χ0v) is 11.5. The van der Waals surface area contributed by atoms with Crippen LogP contribution in [0.25, 0.3) is 11.1 Å². The molecule has 0 radical (unpaired) electrons. The Morgan fingerprint density at radius 2 is 1.65 bits per heavy atom. The highest BCUT2D eigenvalue weighted by atomic mass is 16.2. The zero-order chi connectivity index (χ0) is 13.9. The van der Waals surface area contributed by atoms with Gasteiger partial charge in [0.05, 0.1) is 6.04 Å². The summed E-state index contributed by atoms with van der Waals surface area (Å²) in [5, 5.41) is 3.18. The van der Waals surface area contributed by atoms with E-state index in [1.165, 1.54) is 11.1 Å². The van der Waals surface area contributed by atoms with E-state index in [1.807, 2.05) is 42.2 Å². The maximum absolute atomic E-state index is 12.1. The molecule has 1 saturated heterocycles. The molecular formula is C17H18N2O. The smallest absolute Gasteiger partial charge is 0.243 e. The van der Waals surface area contributed by atoms with Crippen LogP contribution in [0, 0.1) is 0 Å². The molecular weight excluding hydrogens is 248 g/mol. The summed E-state index contributed by atoms with van der Waals surface area (Å²) < 4.78 is 0. The number of amides is 1. The van der Waals surface area contributed by atoms with Crippen LogP contribution < -0.4 is 10.2 Å². The number of carbonyl (C=O) groups excluding carboxylic acids is 1. The first-order chi connectivity index (χ1) is 9.75. The van der Waals surface area contributed by atoms with Crippen molar-refractivity contribution in [2.45, 2.75) is 13.0 Å². The number of hydrogen-bond donors (Lipinski definition) is 1. The number of nitrogens with zero attached hydrogens (tertiary/aromatic N) is 1. The Bertz CT molecular complexity index is 592. The van der Waals surface area contributed by atoms with Crippen LogP contribution in [0.1, 0.15) is 6.92 Å². The third-order valence-electron chi connectivity index (χ3n) is 3.71. The molecule has 102 valence electrons. The predicted molar refractivity (Wildman–Crippen MR) is 81.7 cm³/mol. The molecule has 1 heterocycles. The fraction of sp³-hybridized carbons (Fsp3) is 0.235. The van der Waals surface area contributed by atoms with Gasteiger partial charge in [-0.2, -0.15) is 0 Å². The van der Waals surface area contributed by atoms with Crippen molar-refractivity contribution in [3.63, 3.8) is 0 Å². The fourth-order valence-corrected chi connectivity index (χ4v) is 2.54. The highest BCUT2D eigenvalue weighted by Gasteiger charge is 2.25. The van der Waals surface area contributed by atoms with Crippen molar-refractivity contribution in [1.29, 1.82) is 0 Å². The first kappa shape index (κ1) is 12.9. The summed E-state index contributed by atoms with van der Waals surface area (Å²) in [6.45, 7) is 3.48. The van der Waals surface area contributed by atoms with Gasteiger partial charge < -0.3 is 10.2 Å². The number of rotatable bonds is 2. The van der Waals surface area contributed by atoms with E-state index in [0.717, 1.165) is 18.8 Å². The molecule has 1 aliphatic heterocycles. The number of piperazine rings is 1. The normalized spacial score (nSPS) is 19.1. The van der Waals surface area contributed by atoms with Crippen molar-refractivity contribution in [3.8, 4) is 11.1 Å². The maximum atomic E-state index is 12.1. The Balaban J connectivity index is 1.85. The van der Waals surface area contributed by atoms with Gasteiger partial charge in [0.15, 0.2) is 0 Å². The lowest BCUT2D eigenvalue weighted by molar-refractivity contribution is -0.121. The minimum Gasteiger partial charge on any atom is -0.310 e. The molecule has 0 saturated carbocycles. The predicted octanol–water partition coefficient (Wildman–Crippen LogP) is 2.68. The molecule has 1 aliphatic rings. The monoisotopic (exact) mass is 266 g/mol. The second-order valence-electron chi connectivity index (χ2n) is 5.08. The molecule has 0 aromatic heterocycles. The van der Waals surface area contributed by atoms with Gasteiger partial charge in [-0.3, -0.25) is 4.79 Å². The first-order valence-electron chi connectivity index (χ1n) is 6.96. The third kappa shape index (κ3) is 2.45. The molecule has 20 heavy (non-hydrogen) atoms. The van der Waals surface area contributed by atoms with Crippen molar-refractivity contribution in [2.24, 2.45) is 0 Å². The van der Waals surface area contributed by atoms with Gasteiger partial charge in [-0.15, -0.1) is 0 Å². The second kappa shape index (κ2) is 5.47. The van der Waals surface area contributed by atoms with Crippen LogP contribution in [-0.4, -0.2) is 25.0 Å². The number of carbonyl (C=O) groups is 1. The Hall–Kier alpha value is -2.13. The van der Waals surface area contributed by atoms with Crippen LogP contribution in [0.4, 0.5) is 5.69 Å². The van der Waals surface area contributed by atoms with Crippen molar-refractivity contribution in [2.75, 3.05) is 18.0 Å². The van der Waals surface area contributed by atoms with E-state index in [-0.39, 0.29) is 11.9 Å². The highest BCUT2D eigenvalue weighted by molar-refractivity contribution is 5.97. The quantitative estimate of drug-likeness (QED) is 0.906. The maximum Gasteiger partial charge on any atom is 0.243 e. The first-order valence-corrected chi connectivity index (χ1v) is 6.96. The molecule has 3 nitrogen and oxygen atoms in total. The summed E-state index contributed by atoms with van der Waals surface area (Å²) in [7, 11) is 0. The lowest BCUT2D eigenvalue weighted by Crippen LogP contribution is -2.53. The van der Waals surface area contributed by atoms with E-state index >= 15 is 0 Å². The standard InChI is InChI=1S/C17H18N2O/c1-13-17(20)19(12-11-18-13)16-9-7-15(8-10-16)14-5-3-2-4-6-14/h2-10,13,18H,11-12H2,1H3. The number of anilines is 1. The molecule has 0 aliphatic carbocycles. The Labute approximate surface area is 119 Å². The van der Waals surface area contributed by atoms with Crippen LogP contribution in [-0.2, 0) is 4.79 Å². The van der Waals surface area contributed by atoms with Crippen LogP contribution >= 0.6 is 0 Å². The largest absolute Gasteiger partial charge is 0.310 e. The zero-order valence-electron chi connectivity index (χ0n) is 11.5. The van der Waals surface area contributed by atoms with E-state index in [1.54, 1.807) is 0 Å². The number of hydrogen-bond acceptors (Lipinski definition) is 2. The van der Waals surface area contributed by atoms with E-state index in [4.69, 9.17) is 0 Å². The third-order valence-corrected chi connectivity index (χ3v) is 3.71. The molecule has 2 aromatic rings. The molecule has 3 heteroatoms. The fourth-order valence-electron chi connectivity index (χ4n) is 2.54. The Kier molecular flexibility index (Phi) is 3.52. The minimum atomic E-state index is -0.0995. The molecule has 1 amide bonds. The summed E-state index contributed by atoms with van der Waals surface area (Å²) >= 11 is 0. The van der Waals surface area contributed by atoms with Crippen LogP contribution in [0.3, 0.4) is 0 Å². The Morgan fingerprint density at radius 1 is 1.00 bits per heavy atom. The van der Waals surface area contributed by atoms with Crippen molar-refractivity contribution in [1.82, 2.24) is 5.32 Å². The molecule has 1 N–H and O–H groups in total. The van der Waals surface area contributed by atoms with Gasteiger partial charge in [0.1, 0.15) is 0 Å². The van der Waals surface area contributed by atoms with E-state index in [2.05, 4.69) is 29.6 Å². The number of nitrogens with one attached hydrogen (secondary N) is 1. The van der Waals surface area contributed by atoms with Gasteiger partial charge >= 0.3 is 0 Å². The summed E-state index contributed by atoms with van der Waals surface area (Å²) in [6.07, 6.45) is 0. The van der Waals surface area contributed by atoms with E-state index < -0.39 is 0 Å². The van der Waals surface area contributed by atoms with Gasteiger partial charge in [-0.1, -0.05) is 42.5 Å². The molecule has 1 fully saturated rings. The van der Waals surface area contributed by atoms with Gasteiger partial charge in [0, 0.05) is 18.8 Å². The SMILES string of the molecule is CC1NCCN(c2ccc(-c3ccccc3)cc2)C1=O. The minimum absolute atomic E-state index is 0.0995.